The summed E-state index contributed by atoms with van der Waals surface area (Å²) in [5, 5.41) is 6.80. The molecule has 4 aromatic carbocycles. The van der Waals surface area contributed by atoms with Gasteiger partial charge in [0.1, 0.15) is 0 Å². The van der Waals surface area contributed by atoms with E-state index in [0.29, 0.717) is 0 Å². The predicted octanol–water partition coefficient (Wildman–Crippen LogP) is 5.66. The lowest BCUT2D eigenvalue weighted by atomic mass is 9.97. The van der Waals surface area contributed by atoms with E-state index in [-0.39, 0.29) is 18.0 Å². The van der Waals surface area contributed by atoms with Crippen molar-refractivity contribution in [2.45, 2.75) is 25.0 Å². The molecule has 2 N–H and O–H groups in total. The molecule has 0 radical (unpaired) electrons. The Hall–Kier alpha value is -3.69. The molecule has 1 atom stereocenters. The number of carbonyl (C=O) groups excluding carboxylic acids is 1. The van der Waals surface area contributed by atoms with Crippen LogP contribution in [0.15, 0.2) is 121 Å². The van der Waals surface area contributed by atoms with E-state index in [2.05, 4.69) is 34.9 Å². The molecule has 3 heteroatoms. The fraction of sp³-hybridized carbons (Fsp3) is 0.138. The standard InChI is InChI=1S/C29H28N2O/c1-22(30-27(23-14-6-2-7-15-23)24-16-8-3-9-17-24)29(32)31-28(25-18-10-4-11-19-25)26-20-12-5-13-21-26/h2-22,27-28,30H,1H3,(H,31,32)/t22-/m1/s1. The molecule has 0 heterocycles. The second-order valence-electron chi connectivity index (χ2n) is 7.91. The SMILES string of the molecule is C[C@@H](NC(c1ccccc1)c1ccccc1)C(=O)NC(c1ccccc1)c1ccccc1. The Morgan fingerprint density at radius 2 is 0.844 bits per heavy atom. The van der Waals surface area contributed by atoms with E-state index in [9.17, 15) is 4.79 Å². The van der Waals surface area contributed by atoms with Gasteiger partial charge >= 0.3 is 0 Å². The van der Waals surface area contributed by atoms with Crippen molar-refractivity contribution in [1.82, 2.24) is 10.6 Å². The van der Waals surface area contributed by atoms with Crippen LogP contribution in [0.2, 0.25) is 0 Å². The molecule has 0 spiro atoms. The van der Waals surface area contributed by atoms with Crippen LogP contribution in [0.4, 0.5) is 0 Å². The quantitative estimate of drug-likeness (QED) is 0.386. The first-order chi connectivity index (χ1) is 15.7. The third-order valence-corrected chi connectivity index (χ3v) is 5.63. The van der Waals surface area contributed by atoms with Gasteiger partial charge in [-0.1, -0.05) is 121 Å². The van der Waals surface area contributed by atoms with Crippen molar-refractivity contribution in [3.05, 3.63) is 144 Å². The van der Waals surface area contributed by atoms with Gasteiger partial charge in [-0.2, -0.15) is 0 Å². The summed E-state index contributed by atoms with van der Waals surface area (Å²) in [4.78, 5) is 13.3. The lowest BCUT2D eigenvalue weighted by Gasteiger charge is -2.26. The first-order valence-electron chi connectivity index (χ1n) is 11.0. The Kier molecular flexibility index (Phi) is 7.11. The molecule has 0 saturated carbocycles. The molecule has 0 aliphatic heterocycles. The molecule has 0 aliphatic carbocycles. The minimum atomic E-state index is -0.393. The van der Waals surface area contributed by atoms with Crippen LogP contribution in [0.3, 0.4) is 0 Å². The van der Waals surface area contributed by atoms with E-state index < -0.39 is 6.04 Å². The molecule has 32 heavy (non-hydrogen) atoms. The summed E-state index contributed by atoms with van der Waals surface area (Å²) in [6.45, 7) is 1.92. The van der Waals surface area contributed by atoms with Crippen LogP contribution < -0.4 is 10.6 Å². The zero-order valence-electron chi connectivity index (χ0n) is 18.2. The summed E-state index contributed by atoms with van der Waals surface area (Å²) in [5.41, 5.74) is 4.37. The summed E-state index contributed by atoms with van der Waals surface area (Å²) in [6.07, 6.45) is 0. The van der Waals surface area contributed by atoms with Crippen LogP contribution in [-0.2, 0) is 4.79 Å². The molecule has 160 valence electrons. The Balaban J connectivity index is 1.56. The first kappa shape index (κ1) is 21.5. The summed E-state index contributed by atoms with van der Waals surface area (Å²) < 4.78 is 0. The highest BCUT2D eigenvalue weighted by molar-refractivity contribution is 5.82. The van der Waals surface area contributed by atoms with Crippen LogP contribution in [0, 0.1) is 0 Å². The number of carbonyl (C=O) groups is 1. The molecule has 3 nitrogen and oxygen atoms in total. The number of hydrogen-bond acceptors (Lipinski definition) is 2. The van der Waals surface area contributed by atoms with Gasteiger partial charge in [0, 0.05) is 0 Å². The fourth-order valence-corrected chi connectivity index (χ4v) is 3.92. The highest BCUT2D eigenvalue weighted by atomic mass is 16.2. The molecule has 0 aliphatic rings. The summed E-state index contributed by atoms with van der Waals surface area (Å²) in [6, 6.07) is 40.0. The summed E-state index contributed by atoms with van der Waals surface area (Å²) >= 11 is 0. The lowest BCUT2D eigenvalue weighted by molar-refractivity contribution is -0.123. The van der Waals surface area contributed by atoms with E-state index in [1.165, 1.54) is 0 Å². The Morgan fingerprint density at radius 3 is 1.19 bits per heavy atom. The normalized spacial score (nSPS) is 12.0. The van der Waals surface area contributed by atoms with E-state index in [0.717, 1.165) is 22.3 Å². The largest absolute Gasteiger partial charge is 0.344 e. The monoisotopic (exact) mass is 420 g/mol. The lowest BCUT2D eigenvalue weighted by Crippen LogP contribution is -2.45. The average Bonchev–Trinajstić information content (AvgIpc) is 2.87. The Morgan fingerprint density at radius 1 is 0.531 bits per heavy atom. The molecule has 0 saturated heterocycles. The minimum absolute atomic E-state index is 0.0421. The van der Waals surface area contributed by atoms with E-state index in [1.54, 1.807) is 0 Å². The highest BCUT2D eigenvalue weighted by Gasteiger charge is 2.24. The maximum atomic E-state index is 13.3. The molecule has 0 aromatic heterocycles. The molecule has 0 bridgehead atoms. The Bertz CT molecular complexity index is 1020. The van der Waals surface area contributed by atoms with Gasteiger partial charge in [0.05, 0.1) is 18.1 Å². The molecule has 4 aromatic rings. The van der Waals surface area contributed by atoms with E-state index in [4.69, 9.17) is 0 Å². The third kappa shape index (κ3) is 5.32. The van der Waals surface area contributed by atoms with Crippen LogP contribution in [0.25, 0.3) is 0 Å². The van der Waals surface area contributed by atoms with Crippen molar-refractivity contribution < 1.29 is 4.79 Å². The van der Waals surface area contributed by atoms with Gasteiger partial charge in [-0.05, 0) is 29.2 Å². The van der Waals surface area contributed by atoms with Crippen molar-refractivity contribution >= 4 is 5.91 Å². The Labute approximate surface area is 190 Å². The van der Waals surface area contributed by atoms with Gasteiger partial charge in [-0.15, -0.1) is 0 Å². The molecule has 0 fully saturated rings. The van der Waals surface area contributed by atoms with Crippen LogP contribution in [0.5, 0.6) is 0 Å². The van der Waals surface area contributed by atoms with Crippen molar-refractivity contribution in [2.24, 2.45) is 0 Å². The van der Waals surface area contributed by atoms with Crippen molar-refractivity contribution in [3.63, 3.8) is 0 Å². The summed E-state index contributed by atoms with van der Waals surface area (Å²) in [7, 11) is 0. The average molecular weight is 421 g/mol. The second kappa shape index (κ2) is 10.6. The summed E-state index contributed by atoms with van der Waals surface area (Å²) in [5.74, 6) is -0.0421. The first-order valence-corrected chi connectivity index (χ1v) is 11.0. The highest BCUT2D eigenvalue weighted by Crippen LogP contribution is 2.24. The molecule has 0 unspecified atom stereocenters. The minimum Gasteiger partial charge on any atom is -0.344 e. The molecule has 4 rings (SSSR count). The van der Waals surface area contributed by atoms with Crippen LogP contribution in [-0.4, -0.2) is 11.9 Å². The van der Waals surface area contributed by atoms with Gasteiger partial charge in [0.25, 0.3) is 0 Å². The van der Waals surface area contributed by atoms with Gasteiger partial charge < -0.3 is 5.32 Å². The number of rotatable bonds is 8. The smallest absolute Gasteiger partial charge is 0.237 e. The van der Waals surface area contributed by atoms with Crippen LogP contribution in [0.1, 0.15) is 41.3 Å². The number of nitrogens with one attached hydrogen (secondary N) is 2. The predicted molar refractivity (Wildman–Crippen MR) is 130 cm³/mol. The third-order valence-electron chi connectivity index (χ3n) is 5.63. The molecule has 1 amide bonds. The second-order valence-corrected chi connectivity index (χ2v) is 7.91. The van der Waals surface area contributed by atoms with Crippen molar-refractivity contribution in [1.29, 1.82) is 0 Å². The van der Waals surface area contributed by atoms with Crippen LogP contribution >= 0.6 is 0 Å². The number of hydrogen-bond donors (Lipinski definition) is 2. The topological polar surface area (TPSA) is 41.1 Å². The molecular weight excluding hydrogens is 392 g/mol. The van der Waals surface area contributed by atoms with E-state index in [1.807, 2.05) is 104 Å². The van der Waals surface area contributed by atoms with Crippen molar-refractivity contribution in [3.8, 4) is 0 Å². The van der Waals surface area contributed by atoms with E-state index >= 15 is 0 Å². The maximum Gasteiger partial charge on any atom is 0.237 e. The van der Waals surface area contributed by atoms with Gasteiger partial charge in [0.2, 0.25) is 5.91 Å². The zero-order valence-corrected chi connectivity index (χ0v) is 18.2. The fourth-order valence-electron chi connectivity index (χ4n) is 3.92. The molecular formula is C29H28N2O. The van der Waals surface area contributed by atoms with Gasteiger partial charge in [-0.3, -0.25) is 10.1 Å². The number of amides is 1. The van der Waals surface area contributed by atoms with Crippen molar-refractivity contribution in [2.75, 3.05) is 0 Å². The van der Waals surface area contributed by atoms with Gasteiger partial charge in [0.15, 0.2) is 0 Å². The zero-order chi connectivity index (χ0) is 22.2. The number of benzene rings is 4. The van der Waals surface area contributed by atoms with Gasteiger partial charge in [-0.25, -0.2) is 0 Å². The maximum absolute atomic E-state index is 13.3.